The second kappa shape index (κ2) is 13.1. The van der Waals surface area contributed by atoms with Crippen LogP contribution in [0.25, 0.3) is 10.9 Å². The van der Waals surface area contributed by atoms with E-state index in [4.69, 9.17) is 0 Å². The molecule has 0 fully saturated rings. The molecule has 0 saturated carbocycles. The standard InChI is InChI=1S/C28H39N7O2.ClH/c1-6-24-23-14-20(3)25(15-26(23)32(4)31-24)30-16-27(36)34(13-12-29-7-2)19-28(37)33(5)35-17-21-10-8-9-11-22(21)18-35;/h8-11,14-15,29-30H,6-7,12-13,16-19H2,1-5H3;1H. The largest absolute Gasteiger partial charge is 0.376 e. The highest BCUT2D eigenvalue weighted by atomic mass is 35.5. The third-order valence-electron chi connectivity index (χ3n) is 7.13. The van der Waals surface area contributed by atoms with Gasteiger partial charge in [-0.15, -0.1) is 12.4 Å². The van der Waals surface area contributed by atoms with E-state index in [-0.39, 0.29) is 37.3 Å². The van der Waals surface area contributed by atoms with E-state index in [0.29, 0.717) is 26.2 Å². The lowest BCUT2D eigenvalue weighted by atomic mass is 10.1. The minimum absolute atomic E-state index is 0. The van der Waals surface area contributed by atoms with Gasteiger partial charge in [0.2, 0.25) is 5.91 Å². The molecule has 9 nitrogen and oxygen atoms in total. The van der Waals surface area contributed by atoms with E-state index in [1.807, 2.05) is 42.7 Å². The fourth-order valence-corrected chi connectivity index (χ4v) is 4.85. The number of carbonyl (C=O) groups excluding carboxylic acids is 2. The van der Waals surface area contributed by atoms with Crippen LogP contribution in [0, 0.1) is 6.92 Å². The Morgan fingerprint density at radius 2 is 1.76 bits per heavy atom. The molecular weight excluding hydrogens is 502 g/mol. The van der Waals surface area contributed by atoms with Crippen LogP contribution >= 0.6 is 12.4 Å². The molecule has 0 unspecified atom stereocenters. The molecule has 0 radical (unpaired) electrons. The molecule has 1 aliphatic rings. The molecular formula is C28H40ClN7O2. The Morgan fingerprint density at radius 3 is 2.39 bits per heavy atom. The van der Waals surface area contributed by atoms with Crippen molar-refractivity contribution in [2.75, 3.05) is 45.1 Å². The topological polar surface area (TPSA) is 85.7 Å². The van der Waals surface area contributed by atoms with Crippen LogP contribution in [-0.2, 0) is 36.1 Å². The molecule has 0 bridgehead atoms. The molecule has 4 rings (SSSR count). The molecule has 0 saturated heterocycles. The SMILES string of the molecule is CCNCCN(CC(=O)N(C)N1Cc2ccccc2C1)C(=O)CNc1cc2c(cc1C)c(CC)nn2C.Cl. The highest BCUT2D eigenvalue weighted by Gasteiger charge is 2.27. The Kier molecular flexibility index (Phi) is 10.1. The Bertz CT molecular complexity index is 1250. The number of fused-ring (bicyclic) bond motifs is 2. The van der Waals surface area contributed by atoms with Crippen molar-refractivity contribution in [3.05, 3.63) is 58.8 Å². The van der Waals surface area contributed by atoms with Gasteiger partial charge in [0.05, 0.1) is 17.8 Å². The first-order chi connectivity index (χ1) is 17.8. The number of hydrazine groups is 1. The van der Waals surface area contributed by atoms with Crippen LogP contribution in [0.4, 0.5) is 5.69 Å². The summed E-state index contributed by atoms with van der Waals surface area (Å²) in [5.74, 6) is -0.208. The van der Waals surface area contributed by atoms with E-state index in [1.165, 1.54) is 11.1 Å². The zero-order chi connectivity index (χ0) is 26.5. The smallest absolute Gasteiger partial charge is 0.256 e. The lowest BCUT2D eigenvalue weighted by molar-refractivity contribution is -0.151. The third kappa shape index (κ3) is 6.46. The summed E-state index contributed by atoms with van der Waals surface area (Å²) in [6.07, 6.45) is 0.870. The zero-order valence-corrected chi connectivity index (χ0v) is 23.9. The summed E-state index contributed by atoms with van der Waals surface area (Å²) in [5, 5.41) is 16.0. The predicted molar refractivity (Wildman–Crippen MR) is 154 cm³/mol. The minimum Gasteiger partial charge on any atom is -0.376 e. The average Bonchev–Trinajstić information content (AvgIpc) is 3.46. The number of anilines is 1. The number of likely N-dealkylation sites (N-methyl/N-ethyl adjacent to an activating group) is 2. The molecule has 38 heavy (non-hydrogen) atoms. The Balaban J connectivity index is 0.00000400. The fraction of sp³-hybridized carbons (Fsp3) is 0.464. The number of nitrogens with zero attached hydrogens (tertiary/aromatic N) is 5. The number of aromatic nitrogens is 2. The number of rotatable bonds is 11. The van der Waals surface area contributed by atoms with Gasteiger partial charge in [0.15, 0.2) is 0 Å². The summed E-state index contributed by atoms with van der Waals surface area (Å²) in [6.45, 7) is 9.61. The lowest BCUT2D eigenvalue weighted by Gasteiger charge is -2.31. The molecule has 1 aliphatic heterocycles. The highest BCUT2D eigenvalue weighted by Crippen LogP contribution is 2.26. The minimum atomic E-state index is -0.108. The second-order valence-corrected chi connectivity index (χ2v) is 9.64. The second-order valence-electron chi connectivity index (χ2n) is 9.64. The van der Waals surface area contributed by atoms with Gasteiger partial charge in [-0.2, -0.15) is 5.10 Å². The van der Waals surface area contributed by atoms with Crippen LogP contribution in [0.1, 0.15) is 36.2 Å². The molecule has 0 aliphatic carbocycles. The summed E-state index contributed by atoms with van der Waals surface area (Å²) in [5.41, 5.74) is 6.53. The van der Waals surface area contributed by atoms with Crippen LogP contribution < -0.4 is 10.6 Å². The molecule has 2 N–H and O–H groups in total. The number of aryl methyl sites for hydroxylation is 3. The Morgan fingerprint density at radius 1 is 1.08 bits per heavy atom. The van der Waals surface area contributed by atoms with E-state index < -0.39 is 0 Å². The highest BCUT2D eigenvalue weighted by molar-refractivity contribution is 5.89. The van der Waals surface area contributed by atoms with E-state index >= 15 is 0 Å². The van der Waals surface area contributed by atoms with Gasteiger partial charge in [-0.05, 0) is 48.7 Å². The van der Waals surface area contributed by atoms with E-state index in [9.17, 15) is 9.59 Å². The predicted octanol–water partition coefficient (Wildman–Crippen LogP) is 3.11. The van der Waals surface area contributed by atoms with E-state index in [2.05, 4.69) is 46.9 Å². The molecule has 1 aromatic heterocycles. The quantitative estimate of drug-likeness (QED) is 0.363. The van der Waals surface area contributed by atoms with Gasteiger partial charge in [-0.1, -0.05) is 38.1 Å². The van der Waals surface area contributed by atoms with Crippen molar-refractivity contribution in [2.24, 2.45) is 7.05 Å². The average molecular weight is 542 g/mol. The number of carbonyl (C=O) groups is 2. The van der Waals surface area contributed by atoms with Crippen LogP contribution in [0.15, 0.2) is 36.4 Å². The van der Waals surface area contributed by atoms with E-state index in [1.54, 1.807) is 17.0 Å². The van der Waals surface area contributed by atoms with Crippen LogP contribution in [0.3, 0.4) is 0 Å². The number of nitrogens with one attached hydrogen (secondary N) is 2. The van der Waals surface area contributed by atoms with Gasteiger partial charge in [0.25, 0.3) is 5.91 Å². The molecule has 2 amide bonds. The van der Waals surface area contributed by atoms with Gasteiger partial charge in [-0.3, -0.25) is 19.3 Å². The van der Waals surface area contributed by atoms with Gasteiger partial charge in [-0.25, -0.2) is 5.01 Å². The summed E-state index contributed by atoms with van der Waals surface area (Å²) < 4.78 is 1.88. The summed E-state index contributed by atoms with van der Waals surface area (Å²) in [4.78, 5) is 28.1. The van der Waals surface area contributed by atoms with Crippen LogP contribution in [-0.4, -0.2) is 76.3 Å². The van der Waals surface area contributed by atoms with Crippen molar-refractivity contribution in [2.45, 2.75) is 40.3 Å². The fourth-order valence-electron chi connectivity index (χ4n) is 4.85. The lowest BCUT2D eigenvalue weighted by Crippen LogP contribution is -2.49. The molecule has 2 heterocycles. The molecule has 10 heteroatoms. The monoisotopic (exact) mass is 541 g/mol. The van der Waals surface area contributed by atoms with Crippen molar-refractivity contribution in [1.29, 1.82) is 0 Å². The summed E-state index contributed by atoms with van der Waals surface area (Å²) in [7, 11) is 3.73. The first kappa shape index (κ1) is 29.4. The summed E-state index contributed by atoms with van der Waals surface area (Å²) >= 11 is 0. The zero-order valence-electron chi connectivity index (χ0n) is 23.1. The molecule has 3 aromatic rings. The van der Waals surface area contributed by atoms with Crippen molar-refractivity contribution in [1.82, 2.24) is 30.0 Å². The van der Waals surface area contributed by atoms with Gasteiger partial charge in [0, 0.05) is 51.3 Å². The van der Waals surface area contributed by atoms with Gasteiger partial charge in [0.1, 0.15) is 6.54 Å². The number of amides is 2. The first-order valence-electron chi connectivity index (χ1n) is 13.1. The van der Waals surface area contributed by atoms with Gasteiger partial charge < -0.3 is 15.5 Å². The van der Waals surface area contributed by atoms with E-state index in [0.717, 1.165) is 40.8 Å². The number of hydrogen-bond donors (Lipinski definition) is 2. The summed E-state index contributed by atoms with van der Waals surface area (Å²) in [6, 6.07) is 12.4. The van der Waals surface area contributed by atoms with Crippen molar-refractivity contribution in [3.63, 3.8) is 0 Å². The Hall–Kier alpha value is -3.14. The normalized spacial score (nSPS) is 12.8. The van der Waals surface area contributed by atoms with Crippen molar-refractivity contribution < 1.29 is 9.59 Å². The Labute approximate surface area is 231 Å². The number of benzene rings is 2. The molecule has 2 aromatic carbocycles. The number of halogens is 1. The maximum Gasteiger partial charge on any atom is 0.256 e. The molecule has 0 atom stereocenters. The van der Waals surface area contributed by atoms with Crippen LogP contribution in [0.2, 0.25) is 0 Å². The molecule has 0 spiro atoms. The van der Waals surface area contributed by atoms with Crippen molar-refractivity contribution >= 4 is 40.8 Å². The maximum absolute atomic E-state index is 13.3. The third-order valence-corrected chi connectivity index (χ3v) is 7.13. The van der Waals surface area contributed by atoms with Crippen LogP contribution in [0.5, 0.6) is 0 Å². The van der Waals surface area contributed by atoms with Gasteiger partial charge >= 0.3 is 0 Å². The molecule has 206 valence electrons. The number of hydrogen-bond acceptors (Lipinski definition) is 6. The first-order valence-corrected chi connectivity index (χ1v) is 13.1. The van der Waals surface area contributed by atoms with Crippen molar-refractivity contribution in [3.8, 4) is 0 Å². The maximum atomic E-state index is 13.3.